The van der Waals surface area contributed by atoms with Crippen LogP contribution in [0.5, 0.6) is 0 Å². The van der Waals surface area contributed by atoms with Crippen LogP contribution in [-0.4, -0.2) is 49.7 Å². The molecule has 0 fully saturated rings. The first-order valence-corrected chi connectivity index (χ1v) is 7.25. The van der Waals surface area contributed by atoms with Gasteiger partial charge in [0.2, 0.25) is 0 Å². The summed E-state index contributed by atoms with van der Waals surface area (Å²) in [5.74, 6) is -2.05. The Bertz CT molecular complexity index is 312. The first-order chi connectivity index (χ1) is 9.44. The minimum absolute atomic E-state index is 0. The van der Waals surface area contributed by atoms with Crippen LogP contribution in [0.1, 0.15) is 66.2 Å². The number of carboxylic acid groups (broad SMARTS) is 2. The second-order valence-electron chi connectivity index (χ2n) is 4.35. The van der Waals surface area contributed by atoms with Gasteiger partial charge in [-0.15, -0.1) is 0 Å². The number of carbonyl (C=O) groups excluding carboxylic acids is 2. The van der Waals surface area contributed by atoms with Crippen LogP contribution in [0.4, 0.5) is 0 Å². The van der Waals surface area contributed by atoms with E-state index in [4.69, 9.17) is 0 Å². The summed E-state index contributed by atoms with van der Waals surface area (Å²) in [7, 11) is 0. The molecule has 0 aliphatic carbocycles. The number of hydrogen-bond acceptors (Lipinski definition) is 4. The van der Waals surface area contributed by atoms with Crippen molar-refractivity contribution in [1.29, 1.82) is 0 Å². The summed E-state index contributed by atoms with van der Waals surface area (Å²) in [5.41, 5.74) is 0.870. The van der Waals surface area contributed by atoms with Crippen LogP contribution in [-0.2, 0) is 9.59 Å². The van der Waals surface area contributed by atoms with Crippen molar-refractivity contribution in [2.45, 2.75) is 66.2 Å². The first kappa shape index (κ1) is 25.6. The summed E-state index contributed by atoms with van der Waals surface area (Å²) in [6.45, 7) is 7.73. The standard InChI is InChI=1S/2C8H14O2.Ca/c2*1-3-5-7(6-4-2)8(9)10;/h2*5H,3-4,6H2,1-2H3,(H,9,10);/q;;+2/p-2/b2*7-5+;. The van der Waals surface area contributed by atoms with Crippen LogP contribution < -0.4 is 10.2 Å². The molecular weight excluding hydrogens is 296 g/mol. The molecule has 0 aromatic heterocycles. The fourth-order valence-electron chi connectivity index (χ4n) is 1.61. The van der Waals surface area contributed by atoms with E-state index >= 15 is 0 Å². The van der Waals surface area contributed by atoms with E-state index in [1.807, 2.05) is 27.7 Å². The fourth-order valence-corrected chi connectivity index (χ4v) is 1.61. The van der Waals surface area contributed by atoms with Crippen LogP contribution in [0.25, 0.3) is 0 Å². The van der Waals surface area contributed by atoms with Gasteiger partial charge >= 0.3 is 37.7 Å². The molecule has 5 heteroatoms. The molecule has 0 spiro atoms. The predicted molar refractivity (Wildman–Crippen MR) is 82.3 cm³/mol. The SMILES string of the molecule is CC/C=C(\CCC)C(=O)[O-].CC/C=C(\CCC)C(=O)[O-].[Ca+2]. The zero-order valence-electron chi connectivity index (χ0n) is 13.7. The molecule has 0 heterocycles. The third-order valence-corrected chi connectivity index (χ3v) is 2.46. The van der Waals surface area contributed by atoms with Crippen molar-refractivity contribution in [1.82, 2.24) is 0 Å². The molecule has 0 aliphatic heterocycles. The molecule has 0 aromatic carbocycles. The van der Waals surface area contributed by atoms with Crippen molar-refractivity contribution in [2.75, 3.05) is 0 Å². The van der Waals surface area contributed by atoms with Crippen molar-refractivity contribution in [2.24, 2.45) is 0 Å². The number of carboxylic acids is 2. The number of carbonyl (C=O) groups is 2. The van der Waals surface area contributed by atoms with Crippen molar-refractivity contribution < 1.29 is 19.8 Å². The van der Waals surface area contributed by atoms with E-state index in [-0.39, 0.29) is 37.7 Å². The van der Waals surface area contributed by atoms with Crippen LogP contribution >= 0.6 is 0 Å². The maximum absolute atomic E-state index is 10.3. The second-order valence-corrected chi connectivity index (χ2v) is 4.35. The molecule has 21 heavy (non-hydrogen) atoms. The summed E-state index contributed by atoms with van der Waals surface area (Å²) in [6, 6.07) is 0. The van der Waals surface area contributed by atoms with Gasteiger partial charge in [0.15, 0.2) is 0 Å². The van der Waals surface area contributed by atoms with E-state index < -0.39 is 11.9 Å². The molecule has 0 atom stereocenters. The minimum atomic E-state index is -1.02. The third kappa shape index (κ3) is 15.9. The van der Waals surface area contributed by atoms with Crippen molar-refractivity contribution in [3.63, 3.8) is 0 Å². The molecule has 116 valence electrons. The molecule has 0 rings (SSSR count). The van der Waals surface area contributed by atoms with Gasteiger partial charge in [0.1, 0.15) is 0 Å². The number of hydrogen-bond donors (Lipinski definition) is 0. The Morgan fingerprint density at radius 3 is 1.19 bits per heavy atom. The molecule has 0 unspecified atom stereocenters. The maximum Gasteiger partial charge on any atom is 2.00 e. The van der Waals surface area contributed by atoms with E-state index in [2.05, 4.69) is 0 Å². The van der Waals surface area contributed by atoms with E-state index in [0.717, 1.165) is 25.7 Å². The predicted octanol–water partition coefficient (Wildman–Crippen LogP) is 1.36. The second kappa shape index (κ2) is 17.7. The van der Waals surface area contributed by atoms with Gasteiger partial charge in [-0.05, 0) is 36.8 Å². The van der Waals surface area contributed by atoms with E-state index in [1.165, 1.54) is 0 Å². The van der Waals surface area contributed by atoms with Gasteiger partial charge in [0.25, 0.3) is 0 Å². The molecular formula is C16H26CaO4. The zero-order chi connectivity index (χ0) is 16.0. The minimum Gasteiger partial charge on any atom is -0.545 e. The number of rotatable bonds is 8. The van der Waals surface area contributed by atoms with Crippen molar-refractivity contribution >= 4 is 49.7 Å². The van der Waals surface area contributed by atoms with Crippen molar-refractivity contribution in [3.8, 4) is 0 Å². The quantitative estimate of drug-likeness (QED) is 0.499. The van der Waals surface area contributed by atoms with E-state index in [1.54, 1.807) is 12.2 Å². The number of allylic oxidation sites excluding steroid dienone is 2. The summed E-state index contributed by atoms with van der Waals surface area (Å²) >= 11 is 0. The van der Waals surface area contributed by atoms with Crippen molar-refractivity contribution in [3.05, 3.63) is 23.3 Å². The normalized spacial score (nSPS) is 11.0. The Hall–Kier alpha value is -0.320. The molecule has 4 nitrogen and oxygen atoms in total. The summed E-state index contributed by atoms with van der Waals surface area (Å²) in [6.07, 6.45) is 7.91. The molecule has 0 saturated heterocycles. The summed E-state index contributed by atoms with van der Waals surface area (Å²) < 4.78 is 0. The first-order valence-electron chi connectivity index (χ1n) is 7.25. The van der Waals surface area contributed by atoms with Gasteiger partial charge in [0, 0.05) is 0 Å². The van der Waals surface area contributed by atoms with Gasteiger partial charge in [-0.1, -0.05) is 52.7 Å². The molecule has 0 N–H and O–H groups in total. The van der Waals surface area contributed by atoms with Gasteiger partial charge in [0.05, 0.1) is 11.9 Å². The summed E-state index contributed by atoms with van der Waals surface area (Å²) in [4.78, 5) is 20.6. The maximum atomic E-state index is 10.3. The van der Waals surface area contributed by atoms with Crippen LogP contribution in [0.2, 0.25) is 0 Å². The van der Waals surface area contributed by atoms with E-state index in [9.17, 15) is 19.8 Å². The Morgan fingerprint density at radius 1 is 0.762 bits per heavy atom. The number of aliphatic carboxylic acids is 2. The Morgan fingerprint density at radius 2 is 1.05 bits per heavy atom. The third-order valence-electron chi connectivity index (χ3n) is 2.46. The van der Waals surface area contributed by atoms with Crippen LogP contribution in [0.3, 0.4) is 0 Å². The van der Waals surface area contributed by atoms with Gasteiger partial charge in [-0.3, -0.25) is 0 Å². The molecule has 0 radical (unpaired) electrons. The van der Waals surface area contributed by atoms with Crippen LogP contribution in [0.15, 0.2) is 23.3 Å². The fraction of sp³-hybridized carbons (Fsp3) is 0.625. The van der Waals surface area contributed by atoms with E-state index in [0.29, 0.717) is 24.0 Å². The monoisotopic (exact) mass is 322 g/mol. The Kier molecular flexibility index (Phi) is 21.6. The summed E-state index contributed by atoms with van der Waals surface area (Å²) in [5, 5.41) is 20.6. The molecule has 0 aliphatic rings. The average molecular weight is 322 g/mol. The topological polar surface area (TPSA) is 80.3 Å². The Labute approximate surface area is 158 Å². The smallest absolute Gasteiger partial charge is 0.545 e. The Balaban J connectivity index is -0.000000295. The molecule has 0 amide bonds. The van der Waals surface area contributed by atoms with Gasteiger partial charge in [-0.25, -0.2) is 0 Å². The molecule has 0 aromatic rings. The van der Waals surface area contributed by atoms with Gasteiger partial charge < -0.3 is 19.8 Å². The largest absolute Gasteiger partial charge is 2.00 e. The molecule has 0 saturated carbocycles. The zero-order valence-corrected chi connectivity index (χ0v) is 15.9. The molecule has 0 bridgehead atoms. The van der Waals surface area contributed by atoms with Gasteiger partial charge in [-0.2, -0.15) is 0 Å². The average Bonchev–Trinajstić information content (AvgIpc) is 2.38. The van der Waals surface area contributed by atoms with Crippen LogP contribution in [0, 0.1) is 0 Å².